The zero-order chi connectivity index (χ0) is 12.1. The smallest absolute Gasteiger partial charge is 0.199 e. The minimum atomic E-state index is 0.283. The molecular formula is C9H9Cl2N3S2. The first kappa shape index (κ1) is 13.6. The zero-order valence-corrected chi connectivity index (χ0v) is 11.5. The molecule has 0 saturated heterocycles. The Kier molecular flexibility index (Phi) is 5.34. The first-order valence-corrected chi connectivity index (χ1v) is 6.56. The number of amidine groups is 1. The Morgan fingerprint density at radius 2 is 2.12 bits per heavy atom. The summed E-state index contributed by atoms with van der Waals surface area (Å²) < 4.78 is 0. The van der Waals surface area contributed by atoms with Crippen LogP contribution < -0.4 is 11.1 Å². The second-order valence-electron chi connectivity index (χ2n) is 2.71. The van der Waals surface area contributed by atoms with Crippen molar-refractivity contribution >= 4 is 63.1 Å². The van der Waals surface area contributed by atoms with E-state index in [0.717, 1.165) is 5.69 Å². The van der Waals surface area contributed by atoms with Gasteiger partial charge in [0.25, 0.3) is 0 Å². The van der Waals surface area contributed by atoms with E-state index in [2.05, 4.69) is 10.3 Å². The maximum atomic E-state index is 5.85. The Hall–Kier alpha value is -0.490. The van der Waals surface area contributed by atoms with E-state index in [9.17, 15) is 0 Å². The number of nitrogens with one attached hydrogen (secondary N) is 1. The summed E-state index contributed by atoms with van der Waals surface area (Å²) in [5.74, 6) is 0. The number of rotatable bonds is 1. The van der Waals surface area contributed by atoms with Crippen molar-refractivity contribution in [2.75, 3.05) is 11.6 Å². The lowest BCUT2D eigenvalue weighted by Gasteiger charge is -2.05. The van der Waals surface area contributed by atoms with E-state index >= 15 is 0 Å². The van der Waals surface area contributed by atoms with Crippen LogP contribution in [0.3, 0.4) is 0 Å². The highest BCUT2D eigenvalue weighted by atomic mass is 35.5. The summed E-state index contributed by atoms with van der Waals surface area (Å²) in [6.45, 7) is 0. The normalized spacial score (nSPS) is 11.3. The van der Waals surface area contributed by atoms with Crippen LogP contribution in [0.25, 0.3) is 0 Å². The van der Waals surface area contributed by atoms with Gasteiger partial charge in [0.1, 0.15) is 0 Å². The minimum Gasteiger partial charge on any atom is -0.378 e. The molecule has 0 unspecified atom stereocenters. The number of anilines is 1. The first-order chi connectivity index (χ1) is 7.52. The predicted octanol–water partition coefficient (Wildman–Crippen LogP) is 3.37. The molecule has 1 rings (SSSR count). The summed E-state index contributed by atoms with van der Waals surface area (Å²) in [7, 11) is 0. The fourth-order valence-corrected chi connectivity index (χ4v) is 1.63. The standard InChI is InChI=1S/C9H9Cl2N3S2/c1-16-8(12)14-9(15)13-5-2-3-6(10)7(11)4-5/h2-4H,1H3,(H3,12,13,14,15). The van der Waals surface area contributed by atoms with Crippen LogP contribution in [0.2, 0.25) is 10.0 Å². The third-order valence-corrected chi connectivity index (χ3v) is 3.03. The number of hydrogen-bond donors (Lipinski definition) is 2. The van der Waals surface area contributed by atoms with Crippen LogP contribution in [-0.2, 0) is 0 Å². The molecule has 0 atom stereocenters. The summed E-state index contributed by atoms with van der Waals surface area (Å²) in [6, 6.07) is 5.10. The van der Waals surface area contributed by atoms with Gasteiger partial charge < -0.3 is 11.1 Å². The van der Waals surface area contributed by atoms with E-state index < -0.39 is 0 Å². The molecule has 16 heavy (non-hydrogen) atoms. The minimum absolute atomic E-state index is 0.283. The first-order valence-electron chi connectivity index (χ1n) is 4.17. The molecule has 0 aliphatic carbocycles. The molecule has 0 fully saturated rings. The summed E-state index contributed by atoms with van der Waals surface area (Å²) in [4.78, 5) is 3.94. The number of thioether (sulfide) groups is 1. The average Bonchev–Trinajstić information content (AvgIpc) is 2.23. The second kappa shape index (κ2) is 6.30. The number of thiocarbonyl (C=S) groups is 1. The van der Waals surface area contributed by atoms with Gasteiger partial charge in [-0.3, -0.25) is 0 Å². The highest BCUT2D eigenvalue weighted by Crippen LogP contribution is 2.25. The lowest BCUT2D eigenvalue weighted by atomic mass is 10.3. The van der Waals surface area contributed by atoms with Gasteiger partial charge in [0.2, 0.25) is 0 Å². The van der Waals surface area contributed by atoms with Crippen molar-refractivity contribution in [3.8, 4) is 0 Å². The molecule has 86 valence electrons. The highest BCUT2D eigenvalue weighted by molar-refractivity contribution is 8.13. The number of halogens is 2. The third-order valence-electron chi connectivity index (χ3n) is 1.59. The lowest BCUT2D eigenvalue weighted by molar-refractivity contribution is 1.58. The summed E-state index contributed by atoms with van der Waals surface area (Å²) >= 11 is 17.9. The molecule has 0 aromatic heterocycles. The Labute approximate surface area is 113 Å². The van der Waals surface area contributed by atoms with Crippen LogP contribution in [0.4, 0.5) is 5.69 Å². The van der Waals surface area contributed by atoms with Crippen molar-refractivity contribution in [1.29, 1.82) is 0 Å². The quantitative estimate of drug-likeness (QED) is 0.474. The van der Waals surface area contributed by atoms with Gasteiger partial charge in [0.05, 0.1) is 10.0 Å². The van der Waals surface area contributed by atoms with E-state index in [1.807, 2.05) is 6.26 Å². The molecular weight excluding hydrogens is 285 g/mol. The number of nitrogens with two attached hydrogens (primary N) is 1. The Balaban J connectivity index is 2.74. The summed E-state index contributed by atoms with van der Waals surface area (Å²) in [6.07, 6.45) is 1.82. The molecule has 0 amide bonds. The predicted molar refractivity (Wildman–Crippen MR) is 77.8 cm³/mol. The second-order valence-corrected chi connectivity index (χ2v) is 4.74. The van der Waals surface area contributed by atoms with Crippen LogP contribution in [0.5, 0.6) is 0 Å². The molecule has 0 radical (unpaired) electrons. The molecule has 1 aromatic carbocycles. The number of hydrogen-bond acceptors (Lipinski definition) is 2. The van der Waals surface area contributed by atoms with E-state index in [1.165, 1.54) is 11.8 Å². The SMILES string of the molecule is CS/C(N)=N\C(=S)Nc1ccc(Cl)c(Cl)c1. The van der Waals surface area contributed by atoms with Gasteiger partial charge in [0, 0.05) is 5.69 Å². The Bertz CT molecular complexity index is 435. The topological polar surface area (TPSA) is 50.4 Å². The molecule has 1 aromatic rings. The van der Waals surface area contributed by atoms with Crippen molar-refractivity contribution < 1.29 is 0 Å². The number of benzene rings is 1. The third kappa shape index (κ3) is 4.17. The van der Waals surface area contributed by atoms with Crippen molar-refractivity contribution in [3.63, 3.8) is 0 Å². The average molecular weight is 294 g/mol. The van der Waals surface area contributed by atoms with Crippen LogP contribution in [-0.4, -0.2) is 16.5 Å². The van der Waals surface area contributed by atoms with Gasteiger partial charge in [0.15, 0.2) is 10.3 Å². The van der Waals surface area contributed by atoms with Gasteiger partial charge in [-0.2, -0.15) is 4.99 Å². The number of aliphatic imine (C=N–C) groups is 1. The molecule has 0 spiro atoms. The van der Waals surface area contributed by atoms with Gasteiger partial charge >= 0.3 is 0 Å². The van der Waals surface area contributed by atoms with Crippen molar-refractivity contribution in [1.82, 2.24) is 0 Å². The summed E-state index contributed by atoms with van der Waals surface area (Å²) in [5.41, 5.74) is 6.24. The molecule has 3 nitrogen and oxygen atoms in total. The van der Waals surface area contributed by atoms with E-state index in [0.29, 0.717) is 15.2 Å². The van der Waals surface area contributed by atoms with Crippen LogP contribution in [0.15, 0.2) is 23.2 Å². The van der Waals surface area contributed by atoms with E-state index in [-0.39, 0.29) is 5.11 Å². The molecule has 7 heteroatoms. The maximum Gasteiger partial charge on any atom is 0.199 e. The molecule has 3 N–H and O–H groups in total. The zero-order valence-electron chi connectivity index (χ0n) is 8.33. The summed E-state index contributed by atoms with van der Waals surface area (Å²) in [5, 5.41) is 4.51. The Morgan fingerprint density at radius 1 is 1.44 bits per heavy atom. The monoisotopic (exact) mass is 293 g/mol. The molecule has 0 aliphatic rings. The van der Waals surface area contributed by atoms with Gasteiger partial charge in [-0.25, -0.2) is 0 Å². The van der Waals surface area contributed by atoms with Crippen molar-refractivity contribution in [2.24, 2.45) is 10.7 Å². The van der Waals surface area contributed by atoms with Crippen LogP contribution in [0, 0.1) is 0 Å². The highest BCUT2D eigenvalue weighted by Gasteiger charge is 2.01. The maximum absolute atomic E-state index is 5.85. The van der Waals surface area contributed by atoms with E-state index in [4.69, 9.17) is 41.2 Å². The molecule has 0 saturated carbocycles. The largest absolute Gasteiger partial charge is 0.378 e. The van der Waals surface area contributed by atoms with Gasteiger partial charge in [-0.15, -0.1) is 0 Å². The molecule has 0 aliphatic heterocycles. The van der Waals surface area contributed by atoms with Crippen LogP contribution >= 0.6 is 47.2 Å². The Morgan fingerprint density at radius 3 is 2.69 bits per heavy atom. The van der Waals surface area contributed by atoms with Gasteiger partial charge in [-0.05, 0) is 36.7 Å². The fraction of sp³-hybridized carbons (Fsp3) is 0.111. The van der Waals surface area contributed by atoms with Crippen molar-refractivity contribution in [3.05, 3.63) is 28.2 Å². The fourth-order valence-electron chi connectivity index (χ4n) is 0.871. The van der Waals surface area contributed by atoms with Gasteiger partial charge in [-0.1, -0.05) is 35.0 Å². The van der Waals surface area contributed by atoms with Crippen molar-refractivity contribution in [2.45, 2.75) is 0 Å². The lowest BCUT2D eigenvalue weighted by Crippen LogP contribution is -2.13. The van der Waals surface area contributed by atoms with Crippen LogP contribution in [0.1, 0.15) is 0 Å². The molecule has 0 heterocycles. The molecule has 0 bridgehead atoms. The number of nitrogens with zero attached hydrogens (tertiary/aromatic N) is 1. The van der Waals surface area contributed by atoms with E-state index in [1.54, 1.807) is 18.2 Å².